The Kier molecular flexibility index (Phi) is 4.40. The molecule has 0 atom stereocenters. The molecule has 0 amide bonds. The third-order valence-corrected chi connectivity index (χ3v) is 3.71. The molecular weight excluding hydrogens is 386 g/mol. The molecule has 0 aliphatic carbocycles. The van der Waals surface area contributed by atoms with E-state index in [1.807, 2.05) is 0 Å². The molecule has 116 valence electrons. The number of carbonyl (C=O) groups excluding carboxylic acids is 1. The molecule has 3 aromatic rings. The molecule has 0 saturated carbocycles. The fourth-order valence-corrected chi connectivity index (χ4v) is 2.54. The van der Waals surface area contributed by atoms with Crippen molar-refractivity contribution in [2.75, 3.05) is 7.11 Å². The second-order valence-electron chi connectivity index (χ2n) is 4.46. The largest absolute Gasteiger partial charge is 0.464 e. The Morgan fingerprint density at radius 3 is 2.74 bits per heavy atom. The molecule has 0 aliphatic heterocycles. The number of ether oxygens (including phenoxy) is 1. The first-order valence-electron chi connectivity index (χ1n) is 6.40. The molecule has 3 rings (SSSR count). The smallest absolute Gasteiger partial charge is 0.356 e. The van der Waals surface area contributed by atoms with Crippen molar-refractivity contribution in [3.05, 3.63) is 52.2 Å². The molecule has 0 aromatic carbocycles. The van der Waals surface area contributed by atoms with Crippen molar-refractivity contribution in [2.24, 2.45) is 0 Å². The zero-order valence-corrected chi connectivity index (χ0v) is 14.1. The lowest BCUT2D eigenvalue weighted by Crippen LogP contribution is -2.03. The maximum Gasteiger partial charge on any atom is 0.356 e. The van der Waals surface area contributed by atoms with Gasteiger partial charge in [-0.3, -0.25) is 4.98 Å². The quantitative estimate of drug-likeness (QED) is 0.625. The number of hydrogen-bond acceptors (Lipinski definition) is 6. The number of esters is 1. The number of hydrogen-bond donors (Lipinski definition) is 0. The van der Waals surface area contributed by atoms with Gasteiger partial charge in [-0.25, -0.2) is 14.8 Å². The van der Waals surface area contributed by atoms with Crippen LogP contribution in [0.3, 0.4) is 0 Å². The highest BCUT2D eigenvalue weighted by molar-refractivity contribution is 9.10. The van der Waals surface area contributed by atoms with Crippen LogP contribution in [0.15, 0.2) is 45.9 Å². The van der Waals surface area contributed by atoms with Crippen LogP contribution in [0.5, 0.6) is 0 Å². The summed E-state index contributed by atoms with van der Waals surface area (Å²) in [6.45, 7) is 0. The first kappa shape index (κ1) is 15.6. The highest BCUT2D eigenvalue weighted by atomic mass is 79.9. The van der Waals surface area contributed by atoms with Gasteiger partial charge in [0.25, 0.3) is 0 Å². The van der Waals surface area contributed by atoms with Gasteiger partial charge in [0.1, 0.15) is 11.4 Å². The Morgan fingerprint density at radius 2 is 2.09 bits per heavy atom. The second kappa shape index (κ2) is 6.47. The topological polar surface area (TPSA) is 78.1 Å². The summed E-state index contributed by atoms with van der Waals surface area (Å²) in [5.41, 5.74) is 2.12. The number of oxazole rings is 1. The summed E-state index contributed by atoms with van der Waals surface area (Å²) >= 11 is 9.25. The van der Waals surface area contributed by atoms with E-state index in [0.29, 0.717) is 32.4 Å². The molecule has 8 heteroatoms. The number of aromatic nitrogens is 3. The summed E-state index contributed by atoms with van der Waals surface area (Å²) in [4.78, 5) is 23.9. The summed E-state index contributed by atoms with van der Waals surface area (Å²) < 4.78 is 10.7. The molecule has 3 heterocycles. The van der Waals surface area contributed by atoms with Crippen molar-refractivity contribution in [3.63, 3.8) is 0 Å². The van der Waals surface area contributed by atoms with Gasteiger partial charge in [-0.1, -0.05) is 11.6 Å². The van der Waals surface area contributed by atoms with Crippen molar-refractivity contribution in [3.8, 4) is 22.7 Å². The van der Waals surface area contributed by atoms with Crippen molar-refractivity contribution < 1.29 is 13.9 Å². The average Bonchev–Trinajstić information content (AvgIpc) is 2.96. The van der Waals surface area contributed by atoms with Gasteiger partial charge in [0.2, 0.25) is 5.89 Å². The zero-order chi connectivity index (χ0) is 16.4. The summed E-state index contributed by atoms with van der Waals surface area (Å²) in [7, 11) is 1.30. The van der Waals surface area contributed by atoms with Crippen molar-refractivity contribution in [2.45, 2.75) is 0 Å². The molecule has 0 unspecified atom stereocenters. The van der Waals surface area contributed by atoms with E-state index in [9.17, 15) is 4.79 Å². The molecule has 6 nitrogen and oxygen atoms in total. The highest BCUT2D eigenvalue weighted by Gasteiger charge is 2.16. The number of methoxy groups -OCH3 is 1. The second-order valence-corrected chi connectivity index (χ2v) is 5.61. The van der Waals surface area contributed by atoms with Crippen LogP contribution in [-0.4, -0.2) is 28.0 Å². The minimum Gasteiger partial charge on any atom is -0.464 e. The summed E-state index contributed by atoms with van der Waals surface area (Å²) in [5, 5.41) is 0.488. The van der Waals surface area contributed by atoms with Gasteiger partial charge in [0.05, 0.1) is 17.7 Å². The van der Waals surface area contributed by atoms with Gasteiger partial charge in [-0.05, 0) is 34.1 Å². The lowest BCUT2D eigenvalue weighted by atomic mass is 10.2. The first-order chi connectivity index (χ1) is 11.1. The Bertz CT molecular complexity index is 865. The van der Waals surface area contributed by atoms with E-state index < -0.39 is 5.97 Å². The number of nitrogens with zero attached hydrogens (tertiary/aromatic N) is 3. The van der Waals surface area contributed by atoms with Crippen molar-refractivity contribution in [1.29, 1.82) is 0 Å². The Morgan fingerprint density at radius 1 is 1.26 bits per heavy atom. The molecule has 23 heavy (non-hydrogen) atoms. The Labute approximate surface area is 144 Å². The van der Waals surface area contributed by atoms with E-state index in [2.05, 4.69) is 35.6 Å². The van der Waals surface area contributed by atoms with Crippen LogP contribution in [0.25, 0.3) is 22.7 Å². The molecule has 0 saturated heterocycles. The third kappa shape index (κ3) is 3.25. The molecular formula is C15H9BrClN3O3. The lowest BCUT2D eigenvalue weighted by molar-refractivity contribution is 0.0594. The minimum atomic E-state index is -0.499. The Hall–Kier alpha value is -2.25. The third-order valence-electron chi connectivity index (χ3n) is 2.97. The van der Waals surface area contributed by atoms with Crippen LogP contribution >= 0.6 is 27.5 Å². The molecule has 0 bridgehead atoms. The molecule has 0 fully saturated rings. The zero-order valence-electron chi connectivity index (χ0n) is 11.8. The maximum atomic E-state index is 11.4. The average molecular weight is 395 g/mol. The van der Waals surface area contributed by atoms with Crippen LogP contribution in [0.4, 0.5) is 0 Å². The van der Waals surface area contributed by atoms with Gasteiger partial charge in [-0.2, -0.15) is 0 Å². The summed E-state index contributed by atoms with van der Waals surface area (Å²) in [6, 6.07) is 4.97. The van der Waals surface area contributed by atoms with Crippen LogP contribution in [0.1, 0.15) is 10.5 Å². The normalized spacial score (nSPS) is 10.6. The van der Waals surface area contributed by atoms with E-state index in [0.717, 1.165) is 0 Å². The highest BCUT2D eigenvalue weighted by Crippen LogP contribution is 2.32. The van der Waals surface area contributed by atoms with Crippen molar-refractivity contribution >= 4 is 33.5 Å². The van der Waals surface area contributed by atoms with E-state index >= 15 is 0 Å². The number of rotatable bonds is 3. The lowest BCUT2D eigenvalue weighted by Gasteiger charge is -1.99. The Balaban J connectivity index is 1.96. The molecule has 3 aromatic heterocycles. The minimum absolute atomic E-state index is 0.218. The molecule has 0 spiro atoms. The van der Waals surface area contributed by atoms with E-state index in [1.165, 1.54) is 19.5 Å². The fraction of sp³-hybridized carbons (Fsp3) is 0.0667. The van der Waals surface area contributed by atoms with Crippen LogP contribution < -0.4 is 0 Å². The fourth-order valence-electron chi connectivity index (χ4n) is 1.89. The predicted octanol–water partition coefficient (Wildman–Crippen LogP) is 4.00. The van der Waals surface area contributed by atoms with Gasteiger partial charge >= 0.3 is 5.97 Å². The SMILES string of the molecule is COC(=O)c1ccc(-c2nc(-c3cncc(Cl)c3)oc2Br)cn1. The van der Waals surface area contributed by atoms with Gasteiger partial charge in [0.15, 0.2) is 4.67 Å². The van der Waals surface area contributed by atoms with Crippen LogP contribution in [0, 0.1) is 0 Å². The van der Waals surface area contributed by atoms with Gasteiger partial charge < -0.3 is 9.15 Å². The molecule has 0 radical (unpaired) electrons. The standard InChI is InChI=1S/C15H9BrClN3O3/c1-22-15(21)11-3-2-8(6-19-11)12-13(16)23-14(20-12)9-4-10(17)7-18-5-9/h2-7H,1H3. The van der Waals surface area contributed by atoms with Crippen LogP contribution in [-0.2, 0) is 4.74 Å². The van der Waals surface area contributed by atoms with E-state index in [-0.39, 0.29) is 5.69 Å². The predicted molar refractivity (Wildman–Crippen MR) is 87.0 cm³/mol. The summed E-state index contributed by atoms with van der Waals surface area (Å²) in [5.74, 6) is -0.125. The molecule has 0 aliphatic rings. The monoisotopic (exact) mass is 393 g/mol. The molecule has 0 N–H and O–H groups in total. The van der Waals surface area contributed by atoms with Gasteiger partial charge in [-0.15, -0.1) is 0 Å². The number of carbonyl (C=O) groups is 1. The maximum absolute atomic E-state index is 11.4. The summed E-state index contributed by atoms with van der Waals surface area (Å²) in [6.07, 6.45) is 4.65. The van der Waals surface area contributed by atoms with Crippen molar-refractivity contribution in [1.82, 2.24) is 15.0 Å². The van der Waals surface area contributed by atoms with E-state index in [4.69, 9.17) is 16.0 Å². The van der Waals surface area contributed by atoms with Crippen LogP contribution in [0.2, 0.25) is 5.02 Å². The van der Waals surface area contributed by atoms with Gasteiger partial charge in [0, 0.05) is 24.2 Å². The number of halogens is 2. The first-order valence-corrected chi connectivity index (χ1v) is 7.57. The van der Waals surface area contributed by atoms with E-state index in [1.54, 1.807) is 24.4 Å². The number of pyridine rings is 2.